The fourth-order valence-electron chi connectivity index (χ4n) is 1.54. The Balaban J connectivity index is 0. The van der Waals surface area contributed by atoms with Gasteiger partial charge < -0.3 is 10.2 Å². The van der Waals surface area contributed by atoms with Crippen LogP contribution in [-0.4, -0.2) is 37.6 Å². The molecule has 0 aromatic carbocycles. The second-order valence-electron chi connectivity index (χ2n) is 3.00. The molecule has 1 fully saturated rings. The molecule has 2 nitrogen and oxygen atoms in total. The number of piperidine rings is 1. The van der Waals surface area contributed by atoms with Crippen LogP contribution in [-0.2, 0) is 0 Å². The van der Waals surface area contributed by atoms with E-state index < -0.39 is 0 Å². The van der Waals surface area contributed by atoms with Crippen molar-refractivity contribution in [1.82, 2.24) is 10.2 Å². The third-order valence-corrected chi connectivity index (χ3v) is 2.44. The van der Waals surface area contributed by atoms with Crippen molar-refractivity contribution in [2.45, 2.75) is 53.5 Å². The number of hydrogen-bond acceptors (Lipinski definition) is 2. The van der Waals surface area contributed by atoms with Gasteiger partial charge in [0.25, 0.3) is 0 Å². The highest BCUT2D eigenvalue weighted by Gasteiger charge is 2.15. The van der Waals surface area contributed by atoms with Crippen LogP contribution in [0.2, 0.25) is 0 Å². The maximum Gasteiger partial charge on any atom is 0.00884 e. The number of rotatable bonds is 2. The van der Waals surface area contributed by atoms with Crippen LogP contribution >= 0.6 is 0 Å². The van der Waals surface area contributed by atoms with Crippen LogP contribution in [0.25, 0.3) is 0 Å². The Kier molecular flexibility index (Phi) is 15.1. The van der Waals surface area contributed by atoms with E-state index >= 15 is 0 Å². The molecule has 88 valence electrons. The Hall–Kier alpha value is -0.0800. The van der Waals surface area contributed by atoms with E-state index in [0.717, 1.165) is 6.04 Å². The Morgan fingerprint density at radius 2 is 1.50 bits per heavy atom. The van der Waals surface area contributed by atoms with Gasteiger partial charge in [-0.3, -0.25) is 0 Å². The molecular formula is C12H30N2. The largest absolute Gasteiger partial charge is 0.317 e. The summed E-state index contributed by atoms with van der Waals surface area (Å²) in [6.07, 6.45) is 2.65. The quantitative estimate of drug-likeness (QED) is 0.741. The molecule has 0 amide bonds. The first kappa shape index (κ1) is 16.4. The fourth-order valence-corrected chi connectivity index (χ4v) is 1.54. The van der Waals surface area contributed by atoms with Gasteiger partial charge in [0.05, 0.1) is 0 Å². The van der Waals surface area contributed by atoms with Crippen molar-refractivity contribution in [3.05, 3.63) is 0 Å². The number of nitrogens with one attached hydrogen (secondary N) is 1. The molecule has 0 radical (unpaired) electrons. The van der Waals surface area contributed by atoms with Gasteiger partial charge in [0.2, 0.25) is 0 Å². The van der Waals surface area contributed by atoms with Gasteiger partial charge in [-0.1, -0.05) is 34.6 Å². The van der Waals surface area contributed by atoms with E-state index in [9.17, 15) is 0 Å². The number of hydrogen-bond donors (Lipinski definition) is 1. The summed E-state index contributed by atoms with van der Waals surface area (Å²) >= 11 is 0. The molecule has 0 atom stereocenters. The topological polar surface area (TPSA) is 15.3 Å². The molecule has 1 aliphatic heterocycles. The summed E-state index contributed by atoms with van der Waals surface area (Å²) in [7, 11) is 2.06. The van der Waals surface area contributed by atoms with Crippen molar-refractivity contribution in [1.29, 1.82) is 0 Å². The lowest BCUT2D eigenvalue weighted by molar-refractivity contribution is 0.211. The smallest absolute Gasteiger partial charge is 0.00884 e. The number of likely N-dealkylation sites (tertiary alicyclic amines) is 1. The molecule has 0 unspecified atom stereocenters. The minimum atomic E-state index is 0.780. The minimum Gasteiger partial charge on any atom is -0.317 e. The van der Waals surface area contributed by atoms with Crippen molar-refractivity contribution in [2.24, 2.45) is 0 Å². The SMILES string of the molecule is CC.CC.CCN1CCC(NC)CC1. The lowest BCUT2D eigenvalue weighted by atomic mass is 10.1. The standard InChI is InChI=1S/C8H18N2.2C2H6/c1-3-10-6-4-8(9-2)5-7-10;2*1-2/h8-9H,3-7H2,1-2H3;2*1-2H3. The average molecular weight is 202 g/mol. The highest BCUT2D eigenvalue weighted by Crippen LogP contribution is 2.08. The molecule has 0 saturated carbocycles. The van der Waals surface area contributed by atoms with Crippen molar-refractivity contribution >= 4 is 0 Å². The Morgan fingerprint density at radius 1 is 1.07 bits per heavy atom. The van der Waals surface area contributed by atoms with Crippen molar-refractivity contribution in [3.63, 3.8) is 0 Å². The second kappa shape index (κ2) is 12.9. The molecule has 0 spiro atoms. The maximum absolute atomic E-state index is 3.32. The van der Waals surface area contributed by atoms with Gasteiger partial charge in [-0.05, 0) is 39.5 Å². The second-order valence-corrected chi connectivity index (χ2v) is 3.00. The predicted molar refractivity (Wildman–Crippen MR) is 66.9 cm³/mol. The molecule has 1 N–H and O–H groups in total. The molecule has 1 rings (SSSR count). The van der Waals surface area contributed by atoms with Crippen molar-refractivity contribution in [3.8, 4) is 0 Å². The molecule has 1 saturated heterocycles. The third kappa shape index (κ3) is 7.34. The lowest BCUT2D eigenvalue weighted by Crippen LogP contribution is -2.40. The van der Waals surface area contributed by atoms with Gasteiger partial charge in [0.1, 0.15) is 0 Å². The molecular weight excluding hydrogens is 172 g/mol. The van der Waals surface area contributed by atoms with Crippen molar-refractivity contribution < 1.29 is 0 Å². The van der Waals surface area contributed by atoms with Gasteiger partial charge in [0.15, 0.2) is 0 Å². The summed E-state index contributed by atoms with van der Waals surface area (Å²) in [6, 6.07) is 0.780. The summed E-state index contributed by atoms with van der Waals surface area (Å²) in [5, 5.41) is 3.32. The molecule has 0 aromatic heterocycles. The molecule has 14 heavy (non-hydrogen) atoms. The zero-order valence-electron chi connectivity index (χ0n) is 11.1. The number of nitrogens with zero attached hydrogens (tertiary/aromatic N) is 1. The van der Waals surface area contributed by atoms with E-state index in [-0.39, 0.29) is 0 Å². The monoisotopic (exact) mass is 202 g/mol. The van der Waals surface area contributed by atoms with Crippen LogP contribution in [0.1, 0.15) is 47.5 Å². The molecule has 0 bridgehead atoms. The Bertz CT molecular complexity index is 74.3. The third-order valence-electron chi connectivity index (χ3n) is 2.44. The zero-order chi connectivity index (χ0) is 11.4. The molecule has 0 aromatic rings. The van der Waals surface area contributed by atoms with Gasteiger partial charge >= 0.3 is 0 Å². The maximum atomic E-state index is 3.32. The van der Waals surface area contributed by atoms with E-state index in [1.165, 1.54) is 32.5 Å². The van der Waals surface area contributed by atoms with Gasteiger partial charge in [0, 0.05) is 6.04 Å². The van der Waals surface area contributed by atoms with Crippen LogP contribution in [0.3, 0.4) is 0 Å². The summed E-state index contributed by atoms with van der Waals surface area (Å²) in [4.78, 5) is 2.51. The average Bonchev–Trinajstić information content (AvgIpc) is 2.34. The predicted octanol–water partition coefficient (Wildman–Crippen LogP) is 2.74. The summed E-state index contributed by atoms with van der Waals surface area (Å²) in [6.45, 7) is 14.0. The lowest BCUT2D eigenvalue weighted by Gasteiger charge is -2.30. The summed E-state index contributed by atoms with van der Waals surface area (Å²) < 4.78 is 0. The first-order chi connectivity index (χ1) is 6.86. The normalized spacial score (nSPS) is 17.6. The van der Waals surface area contributed by atoms with E-state index in [0.29, 0.717) is 0 Å². The first-order valence-corrected chi connectivity index (χ1v) is 6.26. The summed E-state index contributed by atoms with van der Waals surface area (Å²) in [5.41, 5.74) is 0. The summed E-state index contributed by atoms with van der Waals surface area (Å²) in [5.74, 6) is 0. The fraction of sp³-hybridized carbons (Fsp3) is 1.00. The van der Waals surface area contributed by atoms with Gasteiger partial charge in [-0.2, -0.15) is 0 Å². The molecule has 0 aliphatic carbocycles. The highest BCUT2D eigenvalue weighted by molar-refractivity contribution is 4.74. The van der Waals surface area contributed by atoms with Crippen LogP contribution < -0.4 is 5.32 Å². The van der Waals surface area contributed by atoms with E-state index in [4.69, 9.17) is 0 Å². The van der Waals surface area contributed by atoms with E-state index in [1.54, 1.807) is 0 Å². The first-order valence-electron chi connectivity index (χ1n) is 6.26. The Morgan fingerprint density at radius 3 is 1.79 bits per heavy atom. The van der Waals surface area contributed by atoms with Crippen LogP contribution in [0, 0.1) is 0 Å². The highest BCUT2D eigenvalue weighted by atomic mass is 15.1. The van der Waals surface area contributed by atoms with E-state index in [1.807, 2.05) is 27.7 Å². The molecule has 1 heterocycles. The van der Waals surface area contributed by atoms with Crippen LogP contribution in [0.4, 0.5) is 0 Å². The van der Waals surface area contributed by atoms with Crippen LogP contribution in [0.5, 0.6) is 0 Å². The van der Waals surface area contributed by atoms with Gasteiger partial charge in [-0.25, -0.2) is 0 Å². The van der Waals surface area contributed by atoms with E-state index in [2.05, 4.69) is 24.2 Å². The molecule has 2 heteroatoms. The van der Waals surface area contributed by atoms with Crippen molar-refractivity contribution in [2.75, 3.05) is 26.7 Å². The zero-order valence-corrected chi connectivity index (χ0v) is 11.1. The minimum absolute atomic E-state index is 0.780. The van der Waals surface area contributed by atoms with Gasteiger partial charge in [-0.15, -0.1) is 0 Å². The molecule has 1 aliphatic rings. The Labute approximate surface area is 91.1 Å². The van der Waals surface area contributed by atoms with Crippen LogP contribution in [0.15, 0.2) is 0 Å².